The van der Waals surface area contributed by atoms with Crippen molar-refractivity contribution in [1.82, 2.24) is 10.2 Å². The van der Waals surface area contributed by atoms with E-state index in [1.54, 1.807) is 6.08 Å². The predicted octanol–water partition coefficient (Wildman–Crippen LogP) is 2.12. The standard InChI is InChI=1S/C16H17BrN2O3/c17-13-7-4-12(5-8-13)6-9-14(20)18-10-11-19-15(21)2-1-3-16(19)22/h4-9H,1-3,10-11H2,(H,18,20)/b9-6+. The van der Waals surface area contributed by atoms with Crippen molar-refractivity contribution in [2.45, 2.75) is 19.3 Å². The number of halogens is 1. The maximum absolute atomic E-state index is 11.7. The maximum Gasteiger partial charge on any atom is 0.244 e. The molecule has 1 aliphatic rings. The molecule has 0 unspecified atom stereocenters. The van der Waals surface area contributed by atoms with Gasteiger partial charge in [-0.25, -0.2) is 0 Å². The molecule has 3 amide bonds. The topological polar surface area (TPSA) is 66.5 Å². The second-order valence-electron chi connectivity index (χ2n) is 4.97. The van der Waals surface area contributed by atoms with Crippen molar-refractivity contribution in [3.8, 4) is 0 Å². The van der Waals surface area contributed by atoms with Gasteiger partial charge in [0.05, 0.1) is 0 Å². The van der Waals surface area contributed by atoms with Crippen LogP contribution in [0.25, 0.3) is 6.08 Å². The summed E-state index contributed by atoms with van der Waals surface area (Å²) in [6.07, 6.45) is 4.57. The fourth-order valence-electron chi connectivity index (χ4n) is 2.14. The lowest BCUT2D eigenvalue weighted by molar-refractivity contribution is -0.148. The number of hydrogen-bond donors (Lipinski definition) is 1. The van der Waals surface area contributed by atoms with Crippen LogP contribution in [-0.4, -0.2) is 35.7 Å². The molecule has 1 aliphatic heterocycles. The number of benzene rings is 1. The molecule has 1 fully saturated rings. The van der Waals surface area contributed by atoms with E-state index in [4.69, 9.17) is 0 Å². The van der Waals surface area contributed by atoms with Crippen LogP contribution in [0.2, 0.25) is 0 Å². The molecule has 1 heterocycles. The molecule has 22 heavy (non-hydrogen) atoms. The van der Waals surface area contributed by atoms with E-state index in [1.807, 2.05) is 24.3 Å². The first-order chi connectivity index (χ1) is 10.6. The van der Waals surface area contributed by atoms with Crippen LogP contribution in [0.1, 0.15) is 24.8 Å². The Morgan fingerprint density at radius 2 is 1.82 bits per heavy atom. The van der Waals surface area contributed by atoms with Crippen LogP contribution in [0.4, 0.5) is 0 Å². The fourth-order valence-corrected chi connectivity index (χ4v) is 2.41. The van der Waals surface area contributed by atoms with E-state index < -0.39 is 0 Å². The van der Waals surface area contributed by atoms with Gasteiger partial charge in [0, 0.05) is 36.5 Å². The van der Waals surface area contributed by atoms with Crippen LogP contribution >= 0.6 is 15.9 Å². The van der Waals surface area contributed by atoms with Crippen LogP contribution in [0, 0.1) is 0 Å². The van der Waals surface area contributed by atoms with Crippen molar-refractivity contribution in [1.29, 1.82) is 0 Å². The molecule has 0 saturated carbocycles. The first-order valence-corrected chi connectivity index (χ1v) is 7.90. The molecule has 5 nitrogen and oxygen atoms in total. The minimum atomic E-state index is -0.250. The highest BCUT2D eigenvalue weighted by molar-refractivity contribution is 9.10. The van der Waals surface area contributed by atoms with Crippen LogP contribution in [0.3, 0.4) is 0 Å². The van der Waals surface area contributed by atoms with Gasteiger partial charge in [0.25, 0.3) is 0 Å². The van der Waals surface area contributed by atoms with E-state index in [2.05, 4.69) is 21.2 Å². The number of likely N-dealkylation sites (tertiary alicyclic amines) is 1. The number of nitrogens with one attached hydrogen (secondary N) is 1. The average molecular weight is 365 g/mol. The van der Waals surface area contributed by atoms with Gasteiger partial charge in [-0.05, 0) is 30.2 Å². The number of amides is 3. The van der Waals surface area contributed by atoms with Crippen LogP contribution in [-0.2, 0) is 14.4 Å². The lowest BCUT2D eigenvalue weighted by atomic mass is 10.1. The molecule has 1 N–H and O–H groups in total. The van der Waals surface area contributed by atoms with Crippen molar-refractivity contribution in [3.05, 3.63) is 40.4 Å². The Kier molecular flexibility index (Phi) is 5.89. The molecular formula is C16H17BrN2O3. The number of rotatable bonds is 5. The molecule has 0 aromatic heterocycles. The summed E-state index contributed by atoms with van der Waals surface area (Å²) in [5.74, 6) is -0.563. The molecular weight excluding hydrogens is 348 g/mol. The summed E-state index contributed by atoms with van der Waals surface area (Å²) in [6, 6.07) is 7.56. The second kappa shape index (κ2) is 7.89. The van der Waals surface area contributed by atoms with Crippen molar-refractivity contribution in [2.75, 3.05) is 13.1 Å². The molecule has 1 aromatic carbocycles. The minimum Gasteiger partial charge on any atom is -0.351 e. The summed E-state index contributed by atoms with van der Waals surface area (Å²) in [5, 5.41) is 2.67. The van der Waals surface area contributed by atoms with Crippen molar-refractivity contribution >= 4 is 39.7 Å². The highest BCUT2D eigenvalue weighted by atomic mass is 79.9. The predicted molar refractivity (Wildman–Crippen MR) is 86.8 cm³/mol. The maximum atomic E-state index is 11.7. The van der Waals surface area contributed by atoms with E-state index in [0.29, 0.717) is 19.3 Å². The van der Waals surface area contributed by atoms with Gasteiger partial charge in [0.2, 0.25) is 17.7 Å². The van der Waals surface area contributed by atoms with Crippen molar-refractivity contribution in [2.24, 2.45) is 0 Å². The van der Waals surface area contributed by atoms with Crippen molar-refractivity contribution in [3.63, 3.8) is 0 Å². The number of hydrogen-bond acceptors (Lipinski definition) is 3. The van der Waals surface area contributed by atoms with Gasteiger partial charge >= 0.3 is 0 Å². The Bertz CT molecular complexity index is 580. The van der Waals surface area contributed by atoms with Gasteiger partial charge in [-0.1, -0.05) is 28.1 Å². The van der Waals surface area contributed by atoms with Gasteiger partial charge in [-0.15, -0.1) is 0 Å². The number of carbonyl (C=O) groups excluding carboxylic acids is 3. The zero-order valence-corrected chi connectivity index (χ0v) is 13.6. The van der Waals surface area contributed by atoms with E-state index in [-0.39, 0.29) is 30.8 Å². The summed E-state index contributed by atoms with van der Waals surface area (Å²) in [4.78, 5) is 36.1. The molecule has 116 valence electrons. The Morgan fingerprint density at radius 1 is 1.18 bits per heavy atom. The van der Waals surface area contributed by atoms with Gasteiger partial charge in [0.1, 0.15) is 0 Å². The molecule has 0 spiro atoms. The normalized spacial score (nSPS) is 15.4. The molecule has 0 bridgehead atoms. The number of carbonyl (C=O) groups is 3. The molecule has 0 atom stereocenters. The first-order valence-electron chi connectivity index (χ1n) is 7.11. The fraction of sp³-hybridized carbons (Fsp3) is 0.312. The van der Waals surface area contributed by atoms with E-state index >= 15 is 0 Å². The smallest absolute Gasteiger partial charge is 0.244 e. The molecule has 0 aliphatic carbocycles. The Morgan fingerprint density at radius 3 is 2.45 bits per heavy atom. The van der Waals surface area contributed by atoms with Gasteiger partial charge < -0.3 is 5.32 Å². The minimum absolute atomic E-state index is 0.157. The zero-order chi connectivity index (χ0) is 15.9. The molecule has 1 saturated heterocycles. The van der Waals surface area contributed by atoms with Gasteiger partial charge in [-0.3, -0.25) is 19.3 Å². The number of piperidine rings is 1. The number of nitrogens with zero attached hydrogens (tertiary/aromatic N) is 1. The molecule has 2 rings (SSSR count). The van der Waals surface area contributed by atoms with E-state index in [1.165, 1.54) is 11.0 Å². The third kappa shape index (κ3) is 4.80. The summed E-state index contributed by atoms with van der Waals surface area (Å²) in [6.45, 7) is 0.497. The molecule has 6 heteroatoms. The van der Waals surface area contributed by atoms with Crippen molar-refractivity contribution < 1.29 is 14.4 Å². The summed E-state index contributed by atoms with van der Waals surface area (Å²) in [7, 11) is 0. The summed E-state index contributed by atoms with van der Waals surface area (Å²) in [5.41, 5.74) is 0.916. The lowest BCUT2D eigenvalue weighted by Gasteiger charge is -2.24. The number of imide groups is 1. The average Bonchev–Trinajstić information content (AvgIpc) is 2.50. The Balaban J connectivity index is 1.76. The van der Waals surface area contributed by atoms with Gasteiger partial charge in [0.15, 0.2) is 0 Å². The monoisotopic (exact) mass is 364 g/mol. The van der Waals surface area contributed by atoms with Crippen LogP contribution < -0.4 is 5.32 Å². The van der Waals surface area contributed by atoms with Crippen LogP contribution in [0.15, 0.2) is 34.8 Å². The summed E-state index contributed by atoms with van der Waals surface area (Å²) >= 11 is 3.34. The third-order valence-corrected chi connectivity index (χ3v) is 3.84. The summed E-state index contributed by atoms with van der Waals surface area (Å²) < 4.78 is 0.977. The Hall–Kier alpha value is -1.95. The zero-order valence-electron chi connectivity index (χ0n) is 12.0. The van der Waals surface area contributed by atoms with Gasteiger partial charge in [-0.2, -0.15) is 0 Å². The SMILES string of the molecule is O=C(/C=C/c1ccc(Br)cc1)NCCN1C(=O)CCCC1=O. The second-order valence-corrected chi connectivity index (χ2v) is 5.88. The lowest BCUT2D eigenvalue weighted by Crippen LogP contribution is -2.44. The molecule has 1 aromatic rings. The quantitative estimate of drug-likeness (QED) is 0.642. The van der Waals surface area contributed by atoms with E-state index in [0.717, 1.165) is 10.0 Å². The molecule has 0 radical (unpaired) electrons. The van der Waals surface area contributed by atoms with Crippen LogP contribution in [0.5, 0.6) is 0 Å². The highest BCUT2D eigenvalue weighted by Crippen LogP contribution is 2.12. The largest absolute Gasteiger partial charge is 0.351 e. The third-order valence-electron chi connectivity index (χ3n) is 3.32. The van der Waals surface area contributed by atoms with E-state index in [9.17, 15) is 14.4 Å². The first kappa shape index (κ1) is 16.4. The Labute approximate surface area is 137 Å². The highest BCUT2D eigenvalue weighted by Gasteiger charge is 2.25.